The van der Waals surface area contributed by atoms with Crippen LogP contribution in [-0.4, -0.2) is 10.0 Å². The van der Waals surface area contributed by atoms with Crippen molar-refractivity contribution in [1.82, 2.24) is 4.98 Å². The van der Waals surface area contributed by atoms with Gasteiger partial charge in [-0.15, -0.1) is 0 Å². The van der Waals surface area contributed by atoms with E-state index in [0.29, 0.717) is 10.2 Å². The van der Waals surface area contributed by atoms with Gasteiger partial charge in [-0.2, -0.15) is 0 Å². The lowest BCUT2D eigenvalue weighted by molar-refractivity contribution is 0.874. The number of halogens is 1. The van der Waals surface area contributed by atoms with Crippen LogP contribution in [0.25, 0.3) is 5.57 Å². The van der Waals surface area contributed by atoms with Gasteiger partial charge < -0.3 is 0 Å². The number of pyridine rings is 1. The molecule has 2 nitrogen and oxygen atoms in total. The van der Waals surface area contributed by atoms with Gasteiger partial charge in [0, 0.05) is 12.1 Å². The van der Waals surface area contributed by atoms with Crippen LogP contribution in [0.4, 0.5) is 0 Å². The van der Waals surface area contributed by atoms with Crippen LogP contribution in [-0.2, 0) is 6.42 Å². The highest BCUT2D eigenvalue weighted by Crippen LogP contribution is 2.38. The maximum Gasteiger partial charge on any atom is 0.129 e. The predicted octanol–water partition coefficient (Wildman–Crippen LogP) is 4.66. The van der Waals surface area contributed by atoms with E-state index in [-0.39, 0.29) is 5.92 Å². The molecule has 1 atom stereocenters. The van der Waals surface area contributed by atoms with Crippen LogP contribution in [0.1, 0.15) is 11.1 Å². The average Bonchev–Trinajstić information content (AvgIpc) is 2.84. The van der Waals surface area contributed by atoms with Crippen LogP contribution < -0.4 is 0 Å². The molecule has 2 heterocycles. The maximum absolute atomic E-state index is 8.14. The van der Waals surface area contributed by atoms with E-state index in [2.05, 4.69) is 22.5 Å². The summed E-state index contributed by atoms with van der Waals surface area (Å²) in [5, 5.41) is 11.4. The molecule has 2 aromatic rings. The lowest BCUT2D eigenvalue weighted by Gasteiger charge is -2.15. The lowest BCUT2D eigenvalue weighted by Crippen LogP contribution is -2.11. The van der Waals surface area contributed by atoms with E-state index < -0.39 is 0 Å². The zero-order valence-electron chi connectivity index (χ0n) is 10.7. The summed E-state index contributed by atoms with van der Waals surface area (Å²) >= 11 is 7.32. The predicted molar refractivity (Wildman–Crippen MR) is 86.2 cm³/mol. The molecule has 0 fully saturated rings. The summed E-state index contributed by atoms with van der Waals surface area (Å²) < 4.78 is 0. The van der Waals surface area contributed by atoms with Gasteiger partial charge in [0.05, 0.1) is 5.04 Å². The van der Waals surface area contributed by atoms with Gasteiger partial charge in [0.1, 0.15) is 5.15 Å². The Kier molecular flexibility index (Phi) is 3.90. The molecule has 1 aliphatic rings. The second-order valence-electron chi connectivity index (χ2n) is 4.67. The monoisotopic (exact) mass is 300 g/mol. The Bertz CT molecular complexity index is 650. The highest BCUT2D eigenvalue weighted by Gasteiger charge is 2.26. The third-order valence-corrected chi connectivity index (χ3v) is 4.47. The molecule has 0 aliphatic carbocycles. The van der Waals surface area contributed by atoms with E-state index in [1.807, 2.05) is 24.3 Å². The fraction of sp³-hybridized carbons (Fsp3) is 0.125. The summed E-state index contributed by atoms with van der Waals surface area (Å²) in [5.74, 6) is 0.116. The highest BCUT2D eigenvalue weighted by molar-refractivity contribution is 8.17. The number of nitrogens with zero attached hydrogens (tertiary/aromatic N) is 1. The largest absolute Gasteiger partial charge is 0.297 e. The minimum atomic E-state index is 0.116. The molecule has 0 amide bonds. The second kappa shape index (κ2) is 5.81. The Morgan fingerprint density at radius 1 is 1.15 bits per heavy atom. The van der Waals surface area contributed by atoms with E-state index >= 15 is 0 Å². The molecule has 0 bridgehead atoms. The fourth-order valence-electron chi connectivity index (χ4n) is 2.30. The summed E-state index contributed by atoms with van der Waals surface area (Å²) in [6, 6.07) is 14.0. The van der Waals surface area contributed by atoms with E-state index in [4.69, 9.17) is 17.0 Å². The first-order valence-electron chi connectivity index (χ1n) is 6.35. The van der Waals surface area contributed by atoms with E-state index in [1.54, 1.807) is 12.3 Å². The van der Waals surface area contributed by atoms with Crippen LogP contribution in [0.15, 0.2) is 54.1 Å². The van der Waals surface area contributed by atoms with Gasteiger partial charge in [0.25, 0.3) is 0 Å². The number of nitrogens with one attached hydrogen (secondary N) is 1. The van der Waals surface area contributed by atoms with Crippen molar-refractivity contribution in [3.8, 4) is 0 Å². The van der Waals surface area contributed by atoms with E-state index in [9.17, 15) is 0 Å². The van der Waals surface area contributed by atoms with Crippen molar-refractivity contribution in [3.05, 3.63) is 70.3 Å². The molecule has 100 valence electrons. The Labute approximate surface area is 127 Å². The van der Waals surface area contributed by atoms with Gasteiger partial charge >= 0.3 is 0 Å². The first-order valence-corrected chi connectivity index (χ1v) is 7.61. The van der Waals surface area contributed by atoms with Crippen molar-refractivity contribution in [2.45, 2.75) is 6.42 Å². The van der Waals surface area contributed by atoms with Crippen molar-refractivity contribution in [1.29, 1.82) is 5.41 Å². The quantitative estimate of drug-likeness (QED) is 0.837. The van der Waals surface area contributed by atoms with Crippen molar-refractivity contribution >= 4 is 34.0 Å². The van der Waals surface area contributed by atoms with Gasteiger partial charge in [-0.3, -0.25) is 5.41 Å². The van der Waals surface area contributed by atoms with Crippen LogP contribution in [0.5, 0.6) is 0 Å². The van der Waals surface area contributed by atoms with Crippen LogP contribution >= 0.6 is 23.4 Å². The number of allylic oxidation sites excluding steroid dienone is 1. The van der Waals surface area contributed by atoms with Gasteiger partial charge in [0.2, 0.25) is 0 Å². The molecule has 0 saturated heterocycles. The SMILES string of the molecule is N=C1SC=C(c2ccccc2)C1Cc1ccc(Cl)nc1. The van der Waals surface area contributed by atoms with Crippen molar-refractivity contribution < 1.29 is 0 Å². The van der Waals surface area contributed by atoms with Crippen LogP contribution in [0.3, 0.4) is 0 Å². The summed E-state index contributed by atoms with van der Waals surface area (Å²) in [5.41, 5.74) is 3.51. The van der Waals surface area contributed by atoms with Crippen molar-refractivity contribution in [3.63, 3.8) is 0 Å². The molecule has 0 radical (unpaired) electrons. The lowest BCUT2D eigenvalue weighted by atomic mass is 9.90. The topological polar surface area (TPSA) is 36.7 Å². The van der Waals surface area contributed by atoms with Gasteiger partial charge in [0.15, 0.2) is 0 Å². The normalized spacial score (nSPS) is 18.1. The van der Waals surface area contributed by atoms with Crippen LogP contribution in [0.2, 0.25) is 5.15 Å². The molecule has 0 saturated carbocycles. The van der Waals surface area contributed by atoms with Crippen molar-refractivity contribution in [2.24, 2.45) is 5.92 Å². The Morgan fingerprint density at radius 3 is 2.65 bits per heavy atom. The average molecular weight is 301 g/mol. The molecule has 1 aromatic carbocycles. The minimum Gasteiger partial charge on any atom is -0.297 e. The molecule has 1 unspecified atom stereocenters. The number of hydrogen-bond donors (Lipinski definition) is 1. The summed E-state index contributed by atoms with van der Waals surface area (Å²) in [6.07, 6.45) is 2.58. The first kappa shape index (κ1) is 13.4. The molecule has 1 aromatic heterocycles. The standard InChI is InChI=1S/C16H13ClN2S/c17-15-7-6-11(9-19-15)8-13-14(10-20-16(13)18)12-4-2-1-3-5-12/h1-7,9-10,13,18H,8H2. The zero-order chi connectivity index (χ0) is 13.9. The molecular weight excluding hydrogens is 288 g/mol. The highest BCUT2D eigenvalue weighted by atomic mass is 35.5. The number of hydrogen-bond acceptors (Lipinski definition) is 3. The molecule has 4 heteroatoms. The Morgan fingerprint density at radius 2 is 1.95 bits per heavy atom. The number of aromatic nitrogens is 1. The summed E-state index contributed by atoms with van der Waals surface area (Å²) in [4.78, 5) is 4.11. The smallest absolute Gasteiger partial charge is 0.129 e. The molecule has 20 heavy (non-hydrogen) atoms. The first-order chi connectivity index (χ1) is 9.74. The Hall–Kier alpha value is -1.58. The second-order valence-corrected chi connectivity index (χ2v) is 5.97. The third kappa shape index (κ3) is 2.79. The van der Waals surface area contributed by atoms with Gasteiger partial charge in [-0.25, -0.2) is 4.98 Å². The molecule has 1 aliphatic heterocycles. The third-order valence-electron chi connectivity index (χ3n) is 3.34. The fourth-order valence-corrected chi connectivity index (χ4v) is 3.34. The number of rotatable bonds is 3. The molecule has 0 spiro atoms. The van der Waals surface area contributed by atoms with E-state index in [0.717, 1.165) is 12.0 Å². The number of thioether (sulfide) groups is 1. The molecule has 1 N–H and O–H groups in total. The number of benzene rings is 1. The van der Waals surface area contributed by atoms with Crippen LogP contribution in [0, 0.1) is 11.3 Å². The van der Waals surface area contributed by atoms with Crippen molar-refractivity contribution in [2.75, 3.05) is 0 Å². The van der Waals surface area contributed by atoms with Gasteiger partial charge in [-0.05, 0) is 34.6 Å². The summed E-state index contributed by atoms with van der Waals surface area (Å²) in [7, 11) is 0. The Balaban J connectivity index is 1.85. The minimum absolute atomic E-state index is 0.116. The molecule has 3 rings (SSSR count). The molecular formula is C16H13ClN2S. The van der Waals surface area contributed by atoms with Gasteiger partial charge in [-0.1, -0.05) is 59.8 Å². The maximum atomic E-state index is 8.14. The van der Waals surface area contributed by atoms with E-state index in [1.165, 1.54) is 22.9 Å². The zero-order valence-corrected chi connectivity index (χ0v) is 12.3. The summed E-state index contributed by atoms with van der Waals surface area (Å²) in [6.45, 7) is 0.